The van der Waals surface area contributed by atoms with Crippen molar-refractivity contribution in [1.82, 2.24) is 0 Å². The molecule has 0 radical (unpaired) electrons. The van der Waals surface area contributed by atoms with Crippen molar-refractivity contribution in [2.45, 2.75) is 12.5 Å². The molecule has 16 heavy (non-hydrogen) atoms. The van der Waals surface area contributed by atoms with Gasteiger partial charge in [-0.2, -0.15) is 0 Å². The van der Waals surface area contributed by atoms with Crippen LogP contribution in [0.25, 0.3) is 0 Å². The fraction of sp³-hybridized carbons (Fsp3) is 0.167. The van der Waals surface area contributed by atoms with Gasteiger partial charge in [0.15, 0.2) is 0 Å². The van der Waals surface area contributed by atoms with Crippen LogP contribution in [0.3, 0.4) is 0 Å². The highest BCUT2D eigenvalue weighted by Gasteiger charge is 2.08. The molecule has 1 nitrogen and oxygen atoms in total. The SMILES string of the molecule is NC(Cc1ccc(F)cc1)c1csc(Br)c1. The Labute approximate surface area is 106 Å². The minimum atomic E-state index is -0.212. The lowest BCUT2D eigenvalue weighted by atomic mass is 10.0. The van der Waals surface area contributed by atoms with Gasteiger partial charge in [0.1, 0.15) is 5.82 Å². The summed E-state index contributed by atoms with van der Waals surface area (Å²) in [6.07, 6.45) is 0.726. The summed E-state index contributed by atoms with van der Waals surface area (Å²) in [6.45, 7) is 0. The second-order valence-corrected chi connectivity index (χ2v) is 5.91. The minimum Gasteiger partial charge on any atom is -0.324 e. The average molecular weight is 300 g/mol. The van der Waals surface area contributed by atoms with Gasteiger partial charge in [0.25, 0.3) is 0 Å². The normalized spacial score (nSPS) is 12.7. The molecule has 0 saturated carbocycles. The average Bonchev–Trinajstić information content (AvgIpc) is 2.68. The number of halogens is 2. The van der Waals surface area contributed by atoms with E-state index in [1.165, 1.54) is 12.1 Å². The van der Waals surface area contributed by atoms with Gasteiger partial charge >= 0.3 is 0 Å². The summed E-state index contributed by atoms with van der Waals surface area (Å²) in [6, 6.07) is 8.47. The summed E-state index contributed by atoms with van der Waals surface area (Å²) >= 11 is 5.03. The molecule has 0 aliphatic heterocycles. The molecule has 1 atom stereocenters. The number of rotatable bonds is 3. The molecule has 2 N–H and O–H groups in total. The first-order valence-corrected chi connectivity index (χ1v) is 6.56. The van der Waals surface area contributed by atoms with E-state index in [9.17, 15) is 4.39 Å². The second-order valence-electron chi connectivity index (χ2n) is 3.62. The molecule has 0 aliphatic carbocycles. The van der Waals surface area contributed by atoms with E-state index in [4.69, 9.17) is 5.73 Å². The van der Waals surface area contributed by atoms with Gasteiger partial charge < -0.3 is 5.73 Å². The molecule has 0 spiro atoms. The molecule has 1 heterocycles. The van der Waals surface area contributed by atoms with E-state index in [1.54, 1.807) is 23.5 Å². The number of benzene rings is 1. The van der Waals surface area contributed by atoms with Crippen LogP contribution in [0.2, 0.25) is 0 Å². The third kappa shape index (κ3) is 2.90. The summed E-state index contributed by atoms with van der Waals surface area (Å²) < 4.78 is 13.8. The lowest BCUT2D eigenvalue weighted by Crippen LogP contribution is -2.12. The number of thiophene rings is 1. The Kier molecular flexibility index (Phi) is 3.74. The fourth-order valence-electron chi connectivity index (χ4n) is 1.51. The summed E-state index contributed by atoms with van der Waals surface area (Å²) in [5, 5.41) is 2.04. The van der Waals surface area contributed by atoms with Crippen molar-refractivity contribution in [2.75, 3.05) is 0 Å². The van der Waals surface area contributed by atoms with Crippen LogP contribution in [0.1, 0.15) is 17.2 Å². The summed E-state index contributed by atoms with van der Waals surface area (Å²) in [7, 11) is 0. The van der Waals surface area contributed by atoms with Gasteiger partial charge in [-0.05, 0) is 57.1 Å². The molecular weight excluding hydrogens is 289 g/mol. The third-order valence-electron chi connectivity index (χ3n) is 2.38. The van der Waals surface area contributed by atoms with E-state index < -0.39 is 0 Å². The molecule has 4 heteroatoms. The Morgan fingerprint density at radius 3 is 2.56 bits per heavy atom. The first-order chi connectivity index (χ1) is 7.65. The minimum absolute atomic E-state index is 0.0342. The molecule has 1 aromatic carbocycles. The highest BCUT2D eigenvalue weighted by atomic mass is 79.9. The summed E-state index contributed by atoms with van der Waals surface area (Å²) in [4.78, 5) is 0. The Balaban J connectivity index is 2.07. The van der Waals surface area contributed by atoms with Crippen molar-refractivity contribution in [3.8, 4) is 0 Å². The number of hydrogen-bond donors (Lipinski definition) is 1. The van der Waals surface area contributed by atoms with Gasteiger partial charge in [0.05, 0.1) is 3.79 Å². The predicted octanol–water partition coefficient (Wildman–Crippen LogP) is 3.89. The van der Waals surface area contributed by atoms with Crippen molar-refractivity contribution >= 4 is 27.3 Å². The van der Waals surface area contributed by atoms with Gasteiger partial charge in [-0.15, -0.1) is 11.3 Å². The Hall–Kier alpha value is -0.710. The molecule has 1 unspecified atom stereocenters. The first-order valence-electron chi connectivity index (χ1n) is 4.89. The van der Waals surface area contributed by atoms with Crippen LogP contribution in [-0.2, 0) is 6.42 Å². The smallest absolute Gasteiger partial charge is 0.123 e. The molecule has 0 bridgehead atoms. The van der Waals surface area contributed by atoms with Crippen molar-refractivity contribution in [2.24, 2.45) is 5.73 Å². The number of hydrogen-bond acceptors (Lipinski definition) is 2. The van der Waals surface area contributed by atoms with Crippen LogP contribution < -0.4 is 5.73 Å². The first kappa shape index (κ1) is 11.8. The maximum absolute atomic E-state index is 12.7. The highest BCUT2D eigenvalue weighted by molar-refractivity contribution is 9.11. The van der Waals surface area contributed by atoms with Crippen LogP contribution in [-0.4, -0.2) is 0 Å². The van der Waals surface area contributed by atoms with Crippen molar-refractivity contribution in [3.63, 3.8) is 0 Å². The largest absolute Gasteiger partial charge is 0.324 e. The van der Waals surface area contributed by atoms with E-state index in [0.717, 1.165) is 21.3 Å². The highest BCUT2D eigenvalue weighted by Crippen LogP contribution is 2.26. The molecule has 84 valence electrons. The van der Waals surface area contributed by atoms with Gasteiger partial charge in [0.2, 0.25) is 0 Å². The molecule has 0 aliphatic rings. The summed E-state index contributed by atoms with van der Waals surface area (Å²) in [5.41, 5.74) is 8.23. The molecule has 0 saturated heterocycles. The molecule has 1 aromatic heterocycles. The van der Waals surface area contributed by atoms with E-state index >= 15 is 0 Å². The monoisotopic (exact) mass is 299 g/mol. The third-order valence-corrected chi connectivity index (χ3v) is 3.91. The fourth-order valence-corrected chi connectivity index (χ4v) is 2.75. The molecular formula is C12H11BrFNS. The summed E-state index contributed by atoms with van der Waals surface area (Å²) in [5.74, 6) is -0.212. The standard InChI is InChI=1S/C12H11BrFNS/c13-12-6-9(7-16-12)11(15)5-8-1-3-10(14)4-2-8/h1-4,6-7,11H,5,15H2. The Morgan fingerprint density at radius 1 is 1.31 bits per heavy atom. The predicted molar refractivity (Wildman–Crippen MR) is 69.1 cm³/mol. The van der Waals surface area contributed by atoms with Crippen LogP contribution >= 0.6 is 27.3 Å². The molecule has 2 aromatic rings. The second kappa shape index (κ2) is 5.08. The Morgan fingerprint density at radius 2 is 2.00 bits per heavy atom. The van der Waals surface area contributed by atoms with Crippen molar-refractivity contribution in [3.05, 3.63) is 56.4 Å². The lowest BCUT2D eigenvalue weighted by Gasteiger charge is -2.09. The van der Waals surface area contributed by atoms with E-state index in [0.29, 0.717) is 0 Å². The van der Waals surface area contributed by atoms with Gasteiger partial charge in [-0.1, -0.05) is 12.1 Å². The van der Waals surface area contributed by atoms with Crippen LogP contribution in [0.5, 0.6) is 0 Å². The maximum Gasteiger partial charge on any atom is 0.123 e. The lowest BCUT2D eigenvalue weighted by molar-refractivity contribution is 0.625. The number of nitrogens with two attached hydrogens (primary N) is 1. The molecule has 2 rings (SSSR count). The quantitative estimate of drug-likeness (QED) is 0.914. The van der Waals surface area contributed by atoms with Crippen LogP contribution in [0.4, 0.5) is 4.39 Å². The van der Waals surface area contributed by atoms with E-state index in [2.05, 4.69) is 15.9 Å². The van der Waals surface area contributed by atoms with E-state index in [-0.39, 0.29) is 11.9 Å². The van der Waals surface area contributed by atoms with Gasteiger partial charge in [0, 0.05) is 6.04 Å². The van der Waals surface area contributed by atoms with Gasteiger partial charge in [-0.25, -0.2) is 4.39 Å². The van der Waals surface area contributed by atoms with Crippen molar-refractivity contribution < 1.29 is 4.39 Å². The van der Waals surface area contributed by atoms with Gasteiger partial charge in [-0.3, -0.25) is 0 Å². The zero-order chi connectivity index (χ0) is 11.5. The topological polar surface area (TPSA) is 26.0 Å². The molecule has 0 fully saturated rings. The maximum atomic E-state index is 12.7. The van der Waals surface area contributed by atoms with E-state index in [1.807, 2.05) is 11.4 Å². The zero-order valence-electron chi connectivity index (χ0n) is 8.49. The van der Waals surface area contributed by atoms with Crippen LogP contribution in [0.15, 0.2) is 39.5 Å². The van der Waals surface area contributed by atoms with Crippen molar-refractivity contribution in [1.29, 1.82) is 0 Å². The zero-order valence-corrected chi connectivity index (χ0v) is 10.9. The Bertz CT molecular complexity index is 466. The molecule has 0 amide bonds. The van der Waals surface area contributed by atoms with Crippen LogP contribution in [0, 0.1) is 5.82 Å².